The fourth-order valence-corrected chi connectivity index (χ4v) is 2.47. The third-order valence-corrected chi connectivity index (χ3v) is 4.75. The highest BCUT2D eigenvalue weighted by atomic mass is 127. The number of hydrogen-bond donors (Lipinski definition) is 0. The van der Waals surface area contributed by atoms with Crippen LogP contribution in [-0.2, 0) is 4.74 Å². The van der Waals surface area contributed by atoms with Gasteiger partial charge in [-0.15, -0.1) is 0 Å². The molecule has 0 spiro atoms. The van der Waals surface area contributed by atoms with Crippen molar-refractivity contribution in [2.75, 3.05) is 6.61 Å². The minimum atomic E-state index is -0.322. The van der Waals surface area contributed by atoms with Crippen LogP contribution in [0.25, 0.3) is 0 Å². The van der Waals surface area contributed by atoms with Crippen LogP contribution >= 0.6 is 56.8 Å². The molecule has 0 amide bonds. The van der Waals surface area contributed by atoms with Crippen molar-refractivity contribution in [1.82, 2.24) is 0 Å². The maximum absolute atomic E-state index is 11.5. The molecule has 0 atom stereocenters. The average Bonchev–Trinajstić information content (AvgIpc) is 2.11. The van der Waals surface area contributed by atoms with Crippen LogP contribution in [0.2, 0.25) is 5.02 Å². The van der Waals surface area contributed by atoms with E-state index in [1.54, 1.807) is 13.0 Å². The molecule has 2 nitrogen and oxygen atoms in total. The topological polar surface area (TPSA) is 26.3 Å². The second kappa shape index (κ2) is 5.50. The summed E-state index contributed by atoms with van der Waals surface area (Å²) in [6, 6.07) is 3.44. The molecular formula is C9H7ClI2O2. The summed E-state index contributed by atoms with van der Waals surface area (Å²) in [6.07, 6.45) is 0. The lowest BCUT2D eigenvalue weighted by Gasteiger charge is -2.06. The first-order valence-electron chi connectivity index (χ1n) is 3.88. The molecule has 76 valence electrons. The number of halogens is 3. The molecule has 0 unspecified atom stereocenters. The van der Waals surface area contributed by atoms with Gasteiger partial charge >= 0.3 is 5.97 Å². The van der Waals surface area contributed by atoms with E-state index >= 15 is 0 Å². The van der Waals surface area contributed by atoms with Crippen LogP contribution in [0.4, 0.5) is 0 Å². The first-order valence-corrected chi connectivity index (χ1v) is 6.41. The summed E-state index contributed by atoms with van der Waals surface area (Å²) in [4.78, 5) is 11.5. The zero-order valence-corrected chi connectivity index (χ0v) is 12.4. The third kappa shape index (κ3) is 2.96. The van der Waals surface area contributed by atoms with Crippen LogP contribution < -0.4 is 0 Å². The quantitative estimate of drug-likeness (QED) is 0.401. The molecular weight excluding hydrogens is 429 g/mol. The molecule has 0 aliphatic carbocycles. The Kier molecular flexibility index (Phi) is 4.92. The molecule has 1 aromatic rings. The first-order chi connectivity index (χ1) is 6.56. The molecule has 0 N–H and O–H groups in total. The second-order valence-corrected chi connectivity index (χ2v) is 5.15. The lowest BCUT2D eigenvalue weighted by molar-refractivity contribution is 0.0525. The molecule has 0 aromatic heterocycles. The number of hydrogen-bond acceptors (Lipinski definition) is 2. The molecule has 0 saturated heterocycles. The molecule has 5 heteroatoms. The van der Waals surface area contributed by atoms with E-state index in [1.165, 1.54) is 0 Å². The van der Waals surface area contributed by atoms with Gasteiger partial charge in [0.2, 0.25) is 0 Å². The van der Waals surface area contributed by atoms with Crippen LogP contribution in [-0.4, -0.2) is 12.6 Å². The summed E-state index contributed by atoms with van der Waals surface area (Å²) in [5.74, 6) is -0.322. The summed E-state index contributed by atoms with van der Waals surface area (Å²) < 4.78 is 6.75. The number of rotatable bonds is 2. The van der Waals surface area contributed by atoms with E-state index in [0.29, 0.717) is 17.2 Å². The van der Waals surface area contributed by atoms with E-state index in [1.807, 2.05) is 6.07 Å². The SMILES string of the molecule is CCOC(=O)c1cc(Cl)cc(I)c1I. The van der Waals surface area contributed by atoms with Gasteiger partial charge < -0.3 is 4.74 Å². The predicted octanol–water partition coefficient (Wildman–Crippen LogP) is 3.73. The smallest absolute Gasteiger partial charge is 0.339 e. The van der Waals surface area contributed by atoms with E-state index in [2.05, 4.69) is 45.2 Å². The van der Waals surface area contributed by atoms with Gasteiger partial charge in [-0.05, 0) is 64.2 Å². The van der Waals surface area contributed by atoms with E-state index in [9.17, 15) is 4.79 Å². The highest BCUT2D eigenvalue weighted by molar-refractivity contribution is 14.1. The lowest BCUT2D eigenvalue weighted by Crippen LogP contribution is -2.07. The standard InChI is InChI=1S/C9H7ClI2O2/c1-2-14-9(13)6-3-5(10)4-7(11)8(6)12/h3-4H,2H2,1H3. The summed E-state index contributed by atoms with van der Waals surface area (Å²) >= 11 is 10.1. The normalized spacial score (nSPS) is 10.0. The summed E-state index contributed by atoms with van der Waals surface area (Å²) in [5, 5.41) is 0.554. The van der Waals surface area contributed by atoms with E-state index in [0.717, 1.165) is 7.14 Å². The van der Waals surface area contributed by atoms with Gasteiger partial charge in [0.1, 0.15) is 0 Å². The van der Waals surface area contributed by atoms with Crippen LogP contribution in [0, 0.1) is 7.14 Å². The van der Waals surface area contributed by atoms with Gasteiger partial charge in [0.25, 0.3) is 0 Å². The van der Waals surface area contributed by atoms with Crippen LogP contribution in [0.3, 0.4) is 0 Å². The van der Waals surface area contributed by atoms with Gasteiger partial charge in [-0.2, -0.15) is 0 Å². The minimum absolute atomic E-state index is 0.322. The Morgan fingerprint density at radius 2 is 2.14 bits per heavy atom. The Labute approximate surface area is 115 Å². The Hall–Kier alpha value is 0.440. The maximum Gasteiger partial charge on any atom is 0.339 e. The fourth-order valence-electron chi connectivity index (χ4n) is 0.913. The zero-order valence-electron chi connectivity index (χ0n) is 7.31. The summed E-state index contributed by atoms with van der Waals surface area (Å²) in [5.41, 5.74) is 0.532. The average molecular weight is 436 g/mol. The third-order valence-electron chi connectivity index (χ3n) is 1.49. The van der Waals surface area contributed by atoms with Crippen molar-refractivity contribution in [3.8, 4) is 0 Å². The Morgan fingerprint density at radius 1 is 1.50 bits per heavy atom. The number of benzene rings is 1. The van der Waals surface area contributed by atoms with Gasteiger partial charge in [0.15, 0.2) is 0 Å². The Balaban J connectivity index is 3.13. The van der Waals surface area contributed by atoms with Crippen molar-refractivity contribution in [3.05, 3.63) is 29.9 Å². The highest BCUT2D eigenvalue weighted by Crippen LogP contribution is 2.24. The molecule has 14 heavy (non-hydrogen) atoms. The predicted molar refractivity (Wildman–Crippen MR) is 72.8 cm³/mol. The number of esters is 1. The number of carbonyl (C=O) groups is 1. The zero-order chi connectivity index (χ0) is 10.7. The van der Waals surface area contributed by atoms with Gasteiger partial charge in [0.05, 0.1) is 12.2 Å². The van der Waals surface area contributed by atoms with Gasteiger partial charge in [-0.3, -0.25) is 0 Å². The molecule has 0 heterocycles. The Morgan fingerprint density at radius 3 is 2.71 bits per heavy atom. The van der Waals surface area contributed by atoms with Crippen LogP contribution in [0.5, 0.6) is 0 Å². The van der Waals surface area contributed by atoms with Crippen molar-refractivity contribution >= 4 is 62.8 Å². The van der Waals surface area contributed by atoms with Gasteiger partial charge in [-0.25, -0.2) is 4.79 Å². The molecule has 0 aliphatic rings. The number of carbonyl (C=O) groups excluding carboxylic acids is 1. The molecule has 1 rings (SSSR count). The van der Waals surface area contributed by atoms with Gasteiger partial charge in [0, 0.05) is 12.2 Å². The van der Waals surface area contributed by atoms with E-state index < -0.39 is 0 Å². The molecule has 1 aromatic carbocycles. The van der Waals surface area contributed by atoms with Crippen molar-refractivity contribution in [3.63, 3.8) is 0 Å². The Bertz CT molecular complexity index is 366. The largest absolute Gasteiger partial charge is 0.462 e. The number of ether oxygens (including phenoxy) is 1. The minimum Gasteiger partial charge on any atom is -0.462 e. The second-order valence-electron chi connectivity index (χ2n) is 2.47. The van der Waals surface area contributed by atoms with Crippen molar-refractivity contribution < 1.29 is 9.53 Å². The molecule has 0 saturated carbocycles. The fraction of sp³-hybridized carbons (Fsp3) is 0.222. The lowest BCUT2D eigenvalue weighted by atomic mass is 10.2. The monoisotopic (exact) mass is 436 g/mol. The first kappa shape index (κ1) is 12.5. The summed E-state index contributed by atoms with van der Waals surface area (Å²) in [6.45, 7) is 2.15. The van der Waals surface area contributed by atoms with Crippen molar-refractivity contribution in [2.45, 2.75) is 6.92 Å². The summed E-state index contributed by atoms with van der Waals surface area (Å²) in [7, 11) is 0. The van der Waals surface area contributed by atoms with E-state index in [-0.39, 0.29) is 5.97 Å². The molecule has 0 fully saturated rings. The van der Waals surface area contributed by atoms with Gasteiger partial charge in [-0.1, -0.05) is 11.6 Å². The molecule has 0 radical (unpaired) electrons. The van der Waals surface area contributed by atoms with Crippen LogP contribution in [0.15, 0.2) is 12.1 Å². The van der Waals surface area contributed by atoms with Crippen LogP contribution in [0.1, 0.15) is 17.3 Å². The maximum atomic E-state index is 11.5. The highest BCUT2D eigenvalue weighted by Gasteiger charge is 2.14. The van der Waals surface area contributed by atoms with Crippen molar-refractivity contribution in [1.29, 1.82) is 0 Å². The van der Waals surface area contributed by atoms with Crippen molar-refractivity contribution in [2.24, 2.45) is 0 Å². The van der Waals surface area contributed by atoms with E-state index in [4.69, 9.17) is 16.3 Å². The molecule has 0 aliphatic heterocycles. The molecule has 0 bridgehead atoms.